The molecule has 0 unspecified atom stereocenters. The van der Waals surface area contributed by atoms with Gasteiger partial charge in [0.2, 0.25) is 5.91 Å². The van der Waals surface area contributed by atoms with Gasteiger partial charge in [0.05, 0.1) is 0 Å². The summed E-state index contributed by atoms with van der Waals surface area (Å²) >= 11 is 3.33. The van der Waals surface area contributed by atoms with Gasteiger partial charge in [-0.2, -0.15) is 0 Å². The van der Waals surface area contributed by atoms with Crippen molar-refractivity contribution in [2.45, 2.75) is 32.9 Å². The molecule has 2 aromatic carbocycles. The second-order valence-electron chi connectivity index (χ2n) is 7.29. The average molecular weight is 462 g/mol. The summed E-state index contributed by atoms with van der Waals surface area (Å²) in [6.07, 6.45) is -0.649. The van der Waals surface area contributed by atoms with Crippen molar-refractivity contribution in [2.75, 3.05) is 11.9 Å². The third-order valence-corrected chi connectivity index (χ3v) is 4.12. The van der Waals surface area contributed by atoms with Crippen LogP contribution in [-0.4, -0.2) is 30.1 Å². The van der Waals surface area contributed by atoms with Crippen molar-refractivity contribution in [3.05, 3.63) is 64.1 Å². The van der Waals surface area contributed by atoms with E-state index in [-0.39, 0.29) is 18.4 Å². The van der Waals surface area contributed by atoms with Crippen molar-refractivity contribution < 1.29 is 19.1 Å². The first-order valence-electron chi connectivity index (χ1n) is 9.02. The number of halogens is 1. The highest BCUT2D eigenvalue weighted by atomic mass is 79.9. The Morgan fingerprint density at radius 3 is 2.14 bits per heavy atom. The summed E-state index contributed by atoms with van der Waals surface area (Å²) in [6.45, 7) is 5.41. The average Bonchev–Trinajstić information content (AvgIpc) is 2.65. The molecule has 0 aliphatic carbocycles. The first kappa shape index (κ1) is 22.4. The van der Waals surface area contributed by atoms with Gasteiger partial charge >= 0.3 is 6.09 Å². The zero-order valence-corrected chi connectivity index (χ0v) is 18.1. The Kier molecular flexibility index (Phi) is 7.78. The number of nitrogens with one attached hydrogen (secondary N) is 3. The number of hydrogen-bond acceptors (Lipinski definition) is 4. The smallest absolute Gasteiger partial charge is 0.408 e. The molecule has 0 fully saturated rings. The second-order valence-corrected chi connectivity index (χ2v) is 8.21. The maximum absolute atomic E-state index is 12.1. The Labute approximate surface area is 178 Å². The second kappa shape index (κ2) is 10.1. The van der Waals surface area contributed by atoms with Crippen LogP contribution in [-0.2, 0) is 16.1 Å². The van der Waals surface area contributed by atoms with Crippen LogP contribution in [0.4, 0.5) is 10.5 Å². The Hall–Kier alpha value is -2.87. The lowest BCUT2D eigenvalue weighted by molar-refractivity contribution is -0.115. The predicted molar refractivity (Wildman–Crippen MR) is 115 cm³/mol. The molecule has 0 heterocycles. The number of carbonyl (C=O) groups is 3. The first-order valence-corrected chi connectivity index (χ1v) is 9.81. The standard InChI is InChI=1S/C21H24BrN3O4/c1-21(2,3)29-20(28)24-13-18(26)25-17-10-4-14(5-11-17)12-23-19(27)15-6-8-16(22)9-7-15/h4-11H,12-13H2,1-3H3,(H,23,27)(H,24,28)(H,25,26). The third kappa shape index (κ3) is 8.35. The molecule has 3 amide bonds. The van der Waals surface area contributed by atoms with Crippen LogP contribution in [0.15, 0.2) is 53.0 Å². The monoisotopic (exact) mass is 461 g/mol. The summed E-state index contributed by atoms with van der Waals surface area (Å²) < 4.78 is 5.98. The van der Waals surface area contributed by atoms with E-state index in [0.29, 0.717) is 17.8 Å². The van der Waals surface area contributed by atoms with Crippen molar-refractivity contribution >= 4 is 39.5 Å². The van der Waals surface area contributed by atoms with Gasteiger partial charge in [-0.3, -0.25) is 9.59 Å². The number of hydrogen-bond donors (Lipinski definition) is 3. The molecular weight excluding hydrogens is 438 g/mol. The third-order valence-electron chi connectivity index (χ3n) is 3.59. The van der Waals surface area contributed by atoms with E-state index in [1.807, 2.05) is 12.1 Å². The fourth-order valence-corrected chi connectivity index (χ4v) is 2.53. The summed E-state index contributed by atoms with van der Waals surface area (Å²) in [5.74, 6) is -0.532. The van der Waals surface area contributed by atoms with Crippen LogP contribution in [0.5, 0.6) is 0 Å². The molecule has 2 aromatic rings. The summed E-state index contributed by atoms with van der Waals surface area (Å²) in [6, 6.07) is 14.2. The van der Waals surface area contributed by atoms with Crippen molar-refractivity contribution in [2.24, 2.45) is 0 Å². The molecule has 7 nitrogen and oxygen atoms in total. The minimum atomic E-state index is -0.649. The summed E-state index contributed by atoms with van der Waals surface area (Å²) in [5.41, 5.74) is 1.43. The van der Waals surface area contributed by atoms with Crippen molar-refractivity contribution in [1.29, 1.82) is 0 Å². The zero-order valence-electron chi connectivity index (χ0n) is 16.5. The molecule has 0 aliphatic heterocycles. The largest absolute Gasteiger partial charge is 0.444 e. The van der Waals surface area contributed by atoms with Crippen LogP contribution in [0.2, 0.25) is 0 Å². The van der Waals surface area contributed by atoms with Gasteiger partial charge in [0.25, 0.3) is 5.91 Å². The molecule has 0 radical (unpaired) electrons. The number of ether oxygens (including phenoxy) is 1. The van der Waals surface area contributed by atoms with Gasteiger partial charge in [0.1, 0.15) is 12.1 Å². The lowest BCUT2D eigenvalue weighted by Crippen LogP contribution is -2.37. The fourth-order valence-electron chi connectivity index (χ4n) is 2.26. The van der Waals surface area contributed by atoms with E-state index in [0.717, 1.165) is 10.0 Å². The van der Waals surface area contributed by atoms with Crippen LogP contribution in [0.3, 0.4) is 0 Å². The Morgan fingerprint density at radius 2 is 1.55 bits per heavy atom. The van der Waals surface area contributed by atoms with Crippen molar-refractivity contribution in [3.63, 3.8) is 0 Å². The highest BCUT2D eigenvalue weighted by Crippen LogP contribution is 2.12. The molecular formula is C21H24BrN3O4. The van der Waals surface area contributed by atoms with Gasteiger partial charge in [-0.25, -0.2) is 4.79 Å². The van der Waals surface area contributed by atoms with Gasteiger partial charge in [0, 0.05) is 22.3 Å². The molecule has 154 valence electrons. The van der Waals surface area contributed by atoms with E-state index in [1.54, 1.807) is 57.2 Å². The van der Waals surface area contributed by atoms with Crippen molar-refractivity contribution in [3.8, 4) is 0 Å². The normalized spacial score (nSPS) is 10.8. The van der Waals surface area contributed by atoms with E-state index < -0.39 is 11.7 Å². The highest BCUT2D eigenvalue weighted by molar-refractivity contribution is 9.10. The van der Waals surface area contributed by atoms with Crippen LogP contribution in [0.1, 0.15) is 36.7 Å². The van der Waals surface area contributed by atoms with Gasteiger partial charge in [-0.05, 0) is 62.7 Å². The number of carbonyl (C=O) groups excluding carboxylic acids is 3. The van der Waals surface area contributed by atoms with Gasteiger partial charge < -0.3 is 20.7 Å². The Morgan fingerprint density at radius 1 is 0.931 bits per heavy atom. The summed E-state index contributed by atoms with van der Waals surface area (Å²) in [5, 5.41) is 7.92. The quantitative estimate of drug-likeness (QED) is 0.608. The minimum absolute atomic E-state index is 0.164. The van der Waals surface area contributed by atoms with E-state index in [2.05, 4.69) is 31.9 Å². The molecule has 0 bridgehead atoms. The number of alkyl carbamates (subject to hydrolysis) is 1. The number of rotatable bonds is 6. The molecule has 0 atom stereocenters. The Balaban J connectivity index is 1.77. The van der Waals surface area contributed by atoms with E-state index in [1.165, 1.54) is 0 Å². The number of anilines is 1. The van der Waals surface area contributed by atoms with Gasteiger partial charge in [-0.1, -0.05) is 28.1 Å². The number of benzene rings is 2. The minimum Gasteiger partial charge on any atom is -0.444 e. The van der Waals surface area contributed by atoms with Crippen molar-refractivity contribution in [1.82, 2.24) is 10.6 Å². The molecule has 8 heteroatoms. The molecule has 3 N–H and O–H groups in total. The van der Waals surface area contributed by atoms with Crippen LogP contribution in [0, 0.1) is 0 Å². The molecule has 0 saturated carbocycles. The van der Waals surface area contributed by atoms with Crippen LogP contribution < -0.4 is 16.0 Å². The predicted octanol–water partition coefficient (Wildman–Crippen LogP) is 3.84. The zero-order chi connectivity index (χ0) is 21.4. The molecule has 0 aliphatic rings. The topological polar surface area (TPSA) is 96.5 Å². The summed E-state index contributed by atoms with van der Waals surface area (Å²) in [4.78, 5) is 35.6. The lowest BCUT2D eigenvalue weighted by Gasteiger charge is -2.19. The maximum atomic E-state index is 12.1. The molecule has 0 aromatic heterocycles. The fraction of sp³-hybridized carbons (Fsp3) is 0.286. The van der Waals surface area contributed by atoms with E-state index in [4.69, 9.17) is 4.74 Å². The van der Waals surface area contributed by atoms with Crippen LogP contribution >= 0.6 is 15.9 Å². The van der Waals surface area contributed by atoms with Crippen LogP contribution in [0.25, 0.3) is 0 Å². The van der Waals surface area contributed by atoms with Gasteiger partial charge in [-0.15, -0.1) is 0 Å². The summed E-state index contributed by atoms with van der Waals surface area (Å²) in [7, 11) is 0. The number of amides is 3. The van der Waals surface area contributed by atoms with E-state index >= 15 is 0 Å². The molecule has 0 saturated heterocycles. The van der Waals surface area contributed by atoms with E-state index in [9.17, 15) is 14.4 Å². The SMILES string of the molecule is CC(C)(C)OC(=O)NCC(=O)Nc1ccc(CNC(=O)c2ccc(Br)cc2)cc1. The Bertz CT molecular complexity index is 859. The molecule has 2 rings (SSSR count). The lowest BCUT2D eigenvalue weighted by atomic mass is 10.2. The molecule has 29 heavy (non-hydrogen) atoms. The van der Waals surface area contributed by atoms with Gasteiger partial charge in [0.15, 0.2) is 0 Å². The highest BCUT2D eigenvalue weighted by Gasteiger charge is 2.16. The maximum Gasteiger partial charge on any atom is 0.408 e. The first-order chi connectivity index (χ1) is 13.6. The molecule has 0 spiro atoms.